The molecule has 0 heterocycles. The lowest BCUT2D eigenvalue weighted by atomic mass is 9.90. The summed E-state index contributed by atoms with van der Waals surface area (Å²) in [5.41, 5.74) is 11.4. The number of benzene rings is 2. The molecule has 0 spiro atoms. The Morgan fingerprint density at radius 2 is 1.50 bits per heavy atom. The number of nitrogens with two attached hydrogens (primary N) is 2. The lowest BCUT2D eigenvalue weighted by Gasteiger charge is -2.29. The average molecular weight is 297 g/mol. The van der Waals surface area contributed by atoms with E-state index in [0.717, 1.165) is 0 Å². The molecule has 5 heteroatoms. The molecule has 5 N–H and O–H groups in total. The van der Waals surface area contributed by atoms with Crippen LogP contribution in [0.15, 0.2) is 60.7 Å². The van der Waals surface area contributed by atoms with Gasteiger partial charge in [0, 0.05) is 0 Å². The molecule has 0 saturated heterocycles. The Hall–Kier alpha value is -2.66. The Kier molecular flexibility index (Phi) is 4.58. The normalized spacial score (nSPS) is 14.6. The van der Waals surface area contributed by atoms with Gasteiger partial charge in [-0.2, -0.15) is 0 Å². The van der Waals surface area contributed by atoms with E-state index in [4.69, 9.17) is 11.5 Å². The first-order valence-corrected chi connectivity index (χ1v) is 6.93. The number of primary amides is 1. The second kappa shape index (κ2) is 6.41. The van der Waals surface area contributed by atoms with Crippen LogP contribution in [0.5, 0.6) is 0 Å². The van der Waals surface area contributed by atoms with E-state index in [0.29, 0.717) is 11.1 Å². The first-order valence-electron chi connectivity index (χ1n) is 6.93. The Bertz CT molecular complexity index is 658. The molecule has 2 amide bonds. The molecule has 0 unspecified atom stereocenters. The van der Waals surface area contributed by atoms with Crippen LogP contribution in [0.25, 0.3) is 0 Å². The molecule has 0 aromatic heterocycles. The molecule has 0 aliphatic carbocycles. The van der Waals surface area contributed by atoms with Gasteiger partial charge in [-0.25, -0.2) is 0 Å². The smallest absolute Gasteiger partial charge is 0.247 e. The van der Waals surface area contributed by atoms with Crippen molar-refractivity contribution < 1.29 is 9.59 Å². The summed E-state index contributed by atoms with van der Waals surface area (Å²) in [4.78, 5) is 24.3. The van der Waals surface area contributed by atoms with Crippen LogP contribution in [-0.2, 0) is 15.1 Å². The van der Waals surface area contributed by atoms with Crippen LogP contribution >= 0.6 is 0 Å². The average Bonchev–Trinajstić information content (AvgIpc) is 2.55. The van der Waals surface area contributed by atoms with Crippen LogP contribution in [0.1, 0.15) is 24.1 Å². The van der Waals surface area contributed by atoms with E-state index < -0.39 is 23.4 Å². The fourth-order valence-corrected chi connectivity index (χ4v) is 2.18. The van der Waals surface area contributed by atoms with Gasteiger partial charge >= 0.3 is 0 Å². The summed E-state index contributed by atoms with van der Waals surface area (Å²) >= 11 is 0. The Labute approximate surface area is 129 Å². The lowest BCUT2D eigenvalue weighted by molar-refractivity contribution is -0.132. The third kappa shape index (κ3) is 3.15. The van der Waals surface area contributed by atoms with Crippen molar-refractivity contribution >= 4 is 11.8 Å². The van der Waals surface area contributed by atoms with Gasteiger partial charge < -0.3 is 16.8 Å². The summed E-state index contributed by atoms with van der Waals surface area (Å²) in [7, 11) is 0. The second-order valence-corrected chi connectivity index (χ2v) is 5.23. The fraction of sp³-hybridized carbons (Fsp3) is 0.176. The van der Waals surface area contributed by atoms with Crippen molar-refractivity contribution in [3.63, 3.8) is 0 Å². The van der Waals surface area contributed by atoms with E-state index in [-0.39, 0.29) is 0 Å². The summed E-state index contributed by atoms with van der Waals surface area (Å²) in [5.74, 6) is -1.11. The van der Waals surface area contributed by atoms with E-state index in [1.54, 1.807) is 55.5 Å². The third-order valence-electron chi connectivity index (χ3n) is 3.66. The van der Waals surface area contributed by atoms with Crippen molar-refractivity contribution in [2.24, 2.45) is 11.5 Å². The predicted octanol–water partition coefficient (Wildman–Crippen LogP) is 1.20. The zero-order valence-corrected chi connectivity index (χ0v) is 12.3. The Morgan fingerprint density at radius 3 is 2.00 bits per heavy atom. The number of carbonyl (C=O) groups is 2. The molecule has 2 aromatic rings. The van der Waals surface area contributed by atoms with Crippen LogP contribution < -0.4 is 16.8 Å². The van der Waals surface area contributed by atoms with E-state index in [9.17, 15) is 9.59 Å². The molecule has 0 saturated carbocycles. The molecule has 22 heavy (non-hydrogen) atoms. The number of rotatable bonds is 5. The second-order valence-electron chi connectivity index (χ2n) is 5.23. The molecule has 2 aromatic carbocycles. The minimum Gasteiger partial charge on any atom is -0.367 e. The van der Waals surface area contributed by atoms with Crippen molar-refractivity contribution in [2.75, 3.05) is 0 Å². The van der Waals surface area contributed by atoms with Crippen LogP contribution in [-0.4, -0.2) is 11.8 Å². The minimum absolute atomic E-state index is 0.462. The number of nitrogens with one attached hydrogen (secondary N) is 1. The maximum Gasteiger partial charge on any atom is 0.247 e. The highest BCUT2D eigenvalue weighted by Gasteiger charge is 2.36. The lowest BCUT2D eigenvalue weighted by Crippen LogP contribution is -2.54. The SMILES string of the molecule is C[C@](NC(=O)[C@H](N)c1ccccc1)(C(N)=O)c1ccccc1. The van der Waals surface area contributed by atoms with Gasteiger partial charge in [0.25, 0.3) is 0 Å². The highest BCUT2D eigenvalue weighted by molar-refractivity contribution is 5.93. The standard InChI is InChI=1S/C17H19N3O2/c1-17(16(19)22,13-10-6-3-7-11-13)20-15(21)14(18)12-8-4-2-5-9-12/h2-11,14H,18H2,1H3,(H2,19,22)(H,20,21)/t14-,17-/m1/s1. The molecule has 5 nitrogen and oxygen atoms in total. The molecule has 0 aliphatic rings. The van der Waals surface area contributed by atoms with Crippen LogP contribution in [0.2, 0.25) is 0 Å². The topological polar surface area (TPSA) is 98.2 Å². The summed E-state index contributed by atoms with van der Waals surface area (Å²) in [6, 6.07) is 16.9. The van der Waals surface area contributed by atoms with Gasteiger partial charge in [-0.1, -0.05) is 60.7 Å². The van der Waals surface area contributed by atoms with Crippen molar-refractivity contribution in [3.8, 4) is 0 Å². The summed E-state index contributed by atoms with van der Waals surface area (Å²) in [6.45, 7) is 1.57. The van der Waals surface area contributed by atoms with Gasteiger partial charge in [0.1, 0.15) is 11.6 Å². The first kappa shape index (κ1) is 15.7. The molecule has 0 bridgehead atoms. The quantitative estimate of drug-likeness (QED) is 0.773. The number of hydrogen-bond acceptors (Lipinski definition) is 3. The molecule has 0 radical (unpaired) electrons. The molecule has 0 aliphatic heterocycles. The maximum absolute atomic E-state index is 12.4. The largest absolute Gasteiger partial charge is 0.367 e. The highest BCUT2D eigenvalue weighted by Crippen LogP contribution is 2.21. The number of carbonyl (C=O) groups excluding carboxylic acids is 2. The summed E-state index contributed by atoms with van der Waals surface area (Å²) in [5, 5.41) is 2.67. The van der Waals surface area contributed by atoms with Gasteiger partial charge in [-0.05, 0) is 18.1 Å². The van der Waals surface area contributed by atoms with Crippen molar-refractivity contribution in [1.82, 2.24) is 5.32 Å². The van der Waals surface area contributed by atoms with E-state index in [1.165, 1.54) is 0 Å². The molecular formula is C17H19N3O2. The van der Waals surface area contributed by atoms with Crippen molar-refractivity contribution in [2.45, 2.75) is 18.5 Å². The predicted molar refractivity (Wildman–Crippen MR) is 84.5 cm³/mol. The summed E-state index contributed by atoms with van der Waals surface area (Å²) in [6.07, 6.45) is 0. The van der Waals surface area contributed by atoms with Crippen LogP contribution in [0, 0.1) is 0 Å². The molecule has 0 fully saturated rings. The first-order chi connectivity index (χ1) is 10.4. The molecule has 2 atom stereocenters. The van der Waals surface area contributed by atoms with Crippen molar-refractivity contribution in [3.05, 3.63) is 71.8 Å². The van der Waals surface area contributed by atoms with Gasteiger partial charge in [0.2, 0.25) is 11.8 Å². The van der Waals surface area contributed by atoms with Gasteiger partial charge in [0.15, 0.2) is 0 Å². The van der Waals surface area contributed by atoms with Gasteiger partial charge in [0.05, 0.1) is 0 Å². The third-order valence-corrected chi connectivity index (χ3v) is 3.66. The Morgan fingerprint density at radius 1 is 1.00 bits per heavy atom. The fourth-order valence-electron chi connectivity index (χ4n) is 2.18. The van der Waals surface area contributed by atoms with Crippen molar-refractivity contribution in [1.29, 1.82) is 0 Å². The van der Waals surface area contributed by atoms with E-state index in [2.05, 4.69) is 5.32 Å². The summed E-state index contributed by atoms with van der Waals surface area (Å²) < 4.78 is 0. The van der Waals surface area contributed by atoms with Gasteiger partial charge in [-0.15, -0.1) is 0 Å². The zero-order chi connectivity index (χ0) is 16.2. The van der Waals surface area contributed by atoms with Gasteiger partial charge in [-0.3, -0.25) is 9.59 Å². The molecule has 114 valence electrons. The van der Waals surface area contributed by atoms with E-state index >= 15 is 0 Å². The minimum atomic E-state index is -1.31. The van der Waals surface area contributed by atoms with Crippen LogP contribution in [0.3, 0.4) is 0 Å². The number of hydrogen-bond donors (Lipinski definition) is 3. The molecule has 2 rings (SSSR count). The monoisotopic (exact) mass is 297 g/mol. The highest BCUT2D eigenvalue weighted by atomic mass is 16.2. The molecular weight excluding hydrogens is 278 g/mol. The van der Waals surface area contributed by atoms with E-state index in [1.807, 2.05) is 12.1 Å². The zero-order valence-electron chi connectivity index (χ0n) is 12.3. The number of amides is 2. The van der Waals surface area contributed by atoms with Crippen LogP contribution in [0.4, 0.5) is 0 Å². The maximum atomic E-state index is 12.4. The Balaban J connectivity index is 2.25.